The van der Waals surface area contributed by atoms with Crippen LogP contribution in [0.1, 0.15) is 5.56 Å². The molecule has 76 valence electrons. The molecule has 0 bridgehead atoms. The third-order valence-electron chi connectivity index (χ3n) is 1.74. The average Bonchev–Trinajstić information content (AvgIpc) is 2.16. The minimum Gasteiger partial charge on any atom is -0.495 e. The molecule has 0 saturated carbocycles. The van der Waals surface area contributed by atoms with Crippen molar-refractivity contribution in [3.63, 3.8) is 0 Å². The van der Waals surface area contributed by atoms with Gasteiger partial charge in [0.05, 0.1) is 15.6 Å². The van der Waals surface area contributed by atoms with E-state index in [0.29, 0.717) is 14.9 Å². The summed E-state index contributed by atoms with van der Waals surface area (Å²) in [5, 5.41) is 10.5. The number of nitrogens with two attached hydrogens (primary N) is 1. The highest BCUT2D eigenvalue weighted by Gasteiger charge is 2.14. The molecule has 6 heteroatoms. The van der Waals surface area contributed by atoms with Gasteiger partial charge in [0, 0.05) is 24.2 Å². The van der Waals surface area contributed by atoms with E-state index in [1.54, 1.807) is 0 Å². The smallest absolute Gasteiger partial charge is 0.271 e. The molecule has 0 aromatic heterocycles. The second-order valence-electron chi connectivity index (χ2n) is 2.58. The van der Waals surface area contributed by atoms with E-state index in [-0.39, 0.29) is 12.2 Å². The molecule has 0 radical (unpaired) electrons. The lowest BCUT2D eigenvalue weighted by Crippen LogP contribution is -2.03. The molecule has 0 heterocycles. The highest BCUT2D eigenvalue weighted by molar-refractivity contribution is 14.1. The number of nitrogens with zero attached hydrogens (tertiary/aromatic N) is 1. The van der Waals surface area contributed by atoms with E-state index in [4.69, 9.17) is 10.5 Å². The van der Waals surface area contributed by atoms with Crippen LogP contribution in [0.25, 0.3) is 0 Å². The molecular formula is C8H9IN2O3. The lowest BCUT2D eigenvalue weighted by atomic mass is 10.2. The molecule has 0 saturated heterocycles. The van der Waals surface area contributed by atoms with Crippen molar-refractivity contribution in [3.05, 3.63) is 31.4 Å². The largest absolute Gasteiger partial charge is 0.495 e. The fraction of sp³-hybridized carbons (Fsp3) is 0.250. The Morgan fingerprint density at radius 1 is 1.64 bits per heavy atom. The number of hydrogen-bond donors (Lipinski definition) is 1. The van der Waals surface area contributed by atoms with Crippen LogP contribution < -0.4 is 10.5 Å². The Balaban J connectivity index is 3.31. The topological polar surface area (TPSA) is 78.4 Å². The number of methoxy groups -OCH3 is 1. The summed E-state index contributed by atoms with van der Waals surface area (Å²) in [7, 11) is 1.52. The lowest BCUT2D eigenvalue weighted by molar-refractivity contribution is -0.385. The summed E-state index contributed by atoms with van der Waals surface area (Å²) in [6, 6.07) is 2.89. The first-order valence-electron chi connectivity index (χ1n) is 3.81. The van der Waals surface area contributed by atoms with Crippen LogP contribution in [-0.4, -0.2) is 12.0 Å². The highest BCUT2D eigenvalue weighted by atomic mass is 127. The number of nitro benzene ring substituents is 1. The van der Waals surface area contributed by atoms with Gasteiger partial charge in [-0.25, -0.2) is 0 Å². The van der Waals surface area contributed by atoms with Gasteiger partial charge in [0.2, 0.25) is 0 Å². The van der Waals surface area contributed by atoms with E-state index >= 15 is 0 Å². The number of halogens is 1. The van der Waals surface area contributed by atoms with Gasteiger partial charge in [-0.15, -0.1) is 0 Å². The van der Waals surface area contributed by atoms with Gasteiger partial charge in [-0.2, -0.15) is 0 Å². The van der Waals surface area contributed by atoms with Gasteiger partial charge >= 0.3 is 0 Å². The van der Waals surface area contributed by atoms with Crippen molar-refractivity contribution in [2.75, 3.05) is 7.11 Å². The van der Waals surface area contributed by atoms with E-state index < -0.39 is 4.92 Å². The number of hydrogen-bond acceptors (Lipinski definition) is 4. The predicted molar refractivity (Wildman–Crippen MR) is 60.3 cm³/mol. The van der Waals surface area contributed by atoms with Gasteiger partial charge in [-0.1, -0.05) is 0 Å². The van der Waals surface area contributed by atoms with Gasteiger partial charge in [0.1, 0.15) is 5.75 Å². The summed E-state index contributed by atoms with van der Waals surface area (Å²) in [5.41, 5.74) is 6.14. The normalized spacial score (nSPS) is 9.93. The molecule has 0 unspecified atom stereocenters. The molecule has 0 amide bonds. The zero-order valence-electron chi connectivity index (χ0n) is 7.49. The summed E-state index contributed by atoms with van der Waals surface area (Å²) >= 11 is 1.98. The van der Waals surface area contributed by atoms with Crippen LogP contribution in [0.4, 0.5) is 5.69 Å². The van der Waals surface area contributed by atoms with E-state index in [9.17, 15) is 10.1 Å². The monoisotopic (exact) mass is 308 g/mol. The van der Waals surface area contributed by atoms with Gasteiger partial charge in [0.15, 0.2) is 0 Å². The molecule has 1 rings (SSSR count). The fourth-order valence-electron chi connectivity index (χ4n) is 1.12. The molecule has 0 fully saturated rings. The van der Waals surface area contributed by atoms with Crippen LogP contribution in [0.5, 0.6) is 5.75 Å². The van der Waals surface area contributed by atoms with Crippen molar-refractivity contribution in [2.24, 2.45) is 5.73 Å². The van der Waals surface area contributed by atoms with Crippen LogP contribution in [0, 0.1) is 13.7 Å². The quantitative estimate of drug-likeness (QED) is 0.523. The minimum absolute atomic E-state index is 0.0376. The molecular weight excluding hydrogens is 299 g/mol. The molecule has 1 aromatic rings. The molecule has 14 heavy (non-hydrogen) atoms. The molecule has 0 aliphatic rings. The number of nitro groups is 1. The van der Waals surface area contributed by atoms with E-state index in [0.717, 1.165) is 0 Å². The zero-order valence-corrected chi connectivity index (χ0v) is 9.65. The van der Waals surface area contributed by atoms with Crippen LogP contribution in [-0.2, 0) is 6.54 Å². The highest BCUT2D eigenvalue weighted by Crippen LogP contribution is 2.29. The molecule has 0 spiro atoms. The van der Waals surface area contributed by atoms with E-state index in [1.165, 1.54) is 19.2 Å². The summed E-state index contributed by atoms with van der Waals surface area (Å²) in [4.78, 5) is 10.1. The van der Waals surface area contributed by atoms with Crippen LogP contribution in [0.15, 0.2) is 12.1 Å². The maximum Gasteiger partial charge on any atom is 0.271 e. The van der Waals surface area contributed by atoms with Crippen LogP contribution >= 0.6 is 22.6 Å². The van der Waals surface area contributed by atoms with Crippen molar-refractivity contribution < 1.29 is 9.66 Å². The summed E-state index contributed by atoms with van der Waals surface area (Å²) in [5.74, 6) is 0.610. The van der Waals surface area contributed by atoms with Gasteiger partial charge in [0.25, 0.3) is 5.69 Å². The second kappa shape index (κ2) is 4.56. The van der Waals surface area contributed by atoms with Gasteiger partial charge < -0.3 is 10.5 Å². The Hall–Kier alpha value is -0.890. The van der Waals surface area contributed by atoms with E-state index in [2.05, 4.69) is 0 Å². The van der Waals surface area contributed by atoms with Crippen LogP contribution in [0.3, 0.4) is 0 Å². The third kappa shape index (κ3) is 2.13. The maximum absolute atomic E-state index is 10.5. The van der Waals surface area contributed by atoms with Crippen molar-refractivity contribution in [3.8, 4) is 5.75 Å². The minimum atomic E-state index is -0.444. The lowest BCUT2D eigenvalue weighted by Gasteiger charge is -2.08. The average molecular weight is 308 g/mol. The second-order valence-corrected chi connectivity index (χ2v) is 3.74. The van der Waals surface area contributed by atoms with Crippen molar-refractivity contribution in [1.82, 2.24) is 0 Å². The summed E-state index contributed by atoms with van der Waals surface area (Å²) < 4.78 is 5.79. The SMILES string of the molecule is COc1c(I)cc([N+](=O)[O-])cc1CN. The molecule has 0 atom stereocenters. The number of non-ortho nitro benzene ring substituents is 1. The first-order chi connectivity index (χ1) is 6.60. The molecule has 1 aromatic carbocycles. The zero-order chi connectivity index (χ0) is 10.7. The van der Waals surface area contributed by atoms with Crippen LogP contribution in [0.2, 0.25) is 0 Å². The van der Waals surface area contributed by atoms with Gasteiger partial charge in [-0.3, -0.25) is 10.1 Å². The number of rotatable bonds is 3. The molecule has 0 aliphatic heterocycles. The Morgan fingerprint density at radius 2 is 2.29 bits per heavy atom. The molecule has 2 N–H and O–H groups in total. The number of ether oxygens (including phenoxy) is 1. The van der Waals surface area contributed by atoms with Crippen molar-refractivity contribution in [2.45, 2.75) is 6.54 Å². The summed E-state index contributed by atoms with van der Waals surface area (Å²) in [6.07, 6.45) is 0. The first-order valence-corrected chi connectivity index (χ1v) is 4.89. The predicted octanol–water partition coefficient (Wildman–Crippen LogP) is 1.67. The standard InChI is InChI=1S/C8H9IN2O3/c1-14-8-5(4-10)2-6(11(12)13)3-7(8)9/h2-3H,4,10H2,1H3. The van der Waals surface area contributed by atoms with Gasteiger partial charge in [-0.05, 0) is 22.6 Å². The van der Waals surface area contributed by atoms with E-state index in [1.807, 2.05) is 22.6 Å². The Labute approximate surface area is 94.5 Å². The Morgan fingerprint density at radius 3 is 2.71 bits per heavy atom. The number of benzene rings is 1. The third-order valence-corrected chi connectivity index (χ3v) is 2.54. The van der Waals surface area contributed by atoms with Crippen molar-refractivity contribution in [1.29, 1.82) is 0 Å². The Bertz CT molecular complexity index is 368. The molecule has 0 aliphatic carbocycles. The maximum atomic E-state index is 10.5. The first kappa shape index (κ1) is 11.2. The molecule has 5 nitrogen and oxygen atoms in total. The van der Waals surface area contributed by atoms with Crippen molar-refractivity contribution >= 4 is 28.3 Å². The summed E-state index contributed by atoms with van der Waals surface area (Å²) in [6.45, 7) is 0.223. The Kier molecular flexibility index (Phi) is 3.64. The fourth-order valence-corrected chi connectivity index (χ4v) is 2.01.